The van der Waals surface area contributed by atoms with Crippen LogP contribution in [0.1, 0.15) is 0 Å². The number of rotatable bonds is 0. The Labute approximate surface area is 67.0 Å². The molecule has 0 bridgehead atoms. The molecular weight excluding hydrogens is 199 g/mol. The van der Waals surface area contributed by atoms with Crippen molar-refractivity contribution < 1.29 is 9.18 Å². The van der Waals surface area contributed by atoms with Crippen molar-refractivity contribution in [3.05, 3.63) is 34.6 Å². The van der Waals surface area contributed by atoms with Crippen LogP contribution in [-0.4, -0.2) is 6.79 Å². The third kappa shape index (κ3) is 3.35. The second-order valence-electron chi connectivity index (χ2n) is 1.44. The highest BCUT2D eigenvalue weighted by Gasteiger charge is 1.86. The summed E-state index contributed by atoms with van der Waals surface area (Å²) in [5, 5.41) is 0. The van der Waals surface area contributed by atoms with E-state index >= 15 is 0 Å². The number of carbonyl (C=O) groups excluding carboxylic acids is 1. The summed E-state index contributed by atoms with van der Waals surface area (Å²) in [7, 11) is 0. The first-order chi connectivity index (χ1) is 4.79. The minimum Gasteiger partial charge on any atom is -0.307 e. The normalized spacial score (nSPS) is 7.80. The first-order valence-corrected chi connectivity index (χ1v) is 3.28. The molecule has 10 heavy (non-hydrogen) atoms. The number of hydrogen-bond donors (Lipinski definition) is 0. The third-order valence-corrected chi connectivity index (χ3v) is 1.28. The van der Waals surface area contributed by atoms with Gasteiger partial charge in [-0.05, 0) is 18.2 Å². The van der Waals surface area contributed by atoms with Crippen LogP contribution in [0.3, 0.4) is 0 Å². The molecule has 0 spiro atoms. The average molecular weight is 205 g/mol. The van der Waals surface area contributed by atoms with E-state index in [0.29, 0.717) is 0 Å². The number of hydrogen-bond acceptors (Lipinski definition) is 1. The molecule has 0 aromatic heterocycles. The van der Waals surface area contributed by atoms with Gasteiger partial charge < -0.3 is 4.79 Å². The van der Waals surface area contributed by atoms with Crippen molar-refractivity contribution in [3.8, 4) is 0 Å². The van der Waals surface area contributed by atoms with E-state index in [1.54, 1.807) is 12.1 Å². The number of halogens is 2. The second-order valence-corrected chi connectivity index (χ2v) is 2.36. The zero-order valence-electron chi connectivity index (χ0n) is 5.18. The van der Waals surface area contributed by atoms with Crippen molar-refractivity contribution in [3.63, 3.8) is 0 Å². The molecule has 1 aromatic carbocycles. The predicted molar refractivity (Wildman–Crippen MR) is 41.2 cm³/mol. The van der Waals surface area contributed by atoms with Crippen molar-refractivity contribution >= 4 is 22.7 Å². The molecule has 1 nitrogen and oxygen atoms in total. The summed E-state index contributed by atoms with van der Waals surface area (Å²) in [6.07, 6.45) is 0. The van der Waals surface area contributed by atoms with Crippen molar-refractivity contribution in [1.29, 1.82) is 0 Å². The zero-order valence-corrected chi connectivity index (χ0v) is 6.77. The van der Waals surface area contributed by atoms with Gasteiger partial charge in [0.15, 0.2) is 0 Å². The highest BCUT2D eigenvalue weighted by Crippen LogP contribution is 2.09. The maximum absolute atomic E-state index is 12.1. The topological polar surface area (TPSA) is 17.1 Å². The van der Waals surface area contributed by atoms with Crippen LogP contribution < -0.4 is 0 Å². The molecule has 1 aromatic rings. The van der Waals surface area contributed by atoms with E-state index < -0.39 is 0 Å². The van der Waals surface area contributed by atoms with Crippen LogP contribution in [0.25, 0.3) is 0 Å². The summed E-state index contributed by atoms with van der Waals surface area (Å²) in [6.45, 7) is 2.00. The van der Waals surface area contributed by atoms with Crippen LogP contribution in [-0.2, 0) is 4.79 Å². The summed E-state index contributed by atoms with van der Waals surface area (Å²) >= 11 is 3.12. The minimum atomic E-state index is -0.209. The Balaban J connectivity index is 0.000000371. The van der Waals surface area contributed by atoms with Gasteiger partial charge in [-0.2, -0.15) is 0 Å². The van der Waals surface area contributed by atoms with Gasteiger partial charge in [-0.1, -0.05) is 22.0 Å². The van der Waals surface area contributed by atoms with Gasteiger partial charge >= 0.3 is 0 Å². The summed E-state index contributed by atoms with van der Waals surface area (Å²) in [5.41, 5.74) is 0. The minimum absolute atomic E-state index is 0.209. The van der Waals surface area contributed by atoms with Gasteiger partial charge in [0.25, 0.3) is 0 Å². The summed E-state index contributed by atoms with van der Waals surface area (Å²) in [6, 6.07) is 6.26. The average Bonchev–Trinajstić information content (AvgIpc) is 1.91. The van der Waals surface area contributed by atoms with Gasteiger partial charge in [0.1, 0.15) is 12.6 Å². The van der Waals surface area contributed by atoms with Crippen LogP contribution in [0.15, 0.2) is 28.7 Å². The van der Waals surface area contributed by atoms with E-state index in [1.807, 2.05) is 6.79 Å². The first-order valence-electron chi connectivity index (χ1n) is 2.49. The number of benzene rings is 1. The Hall–Kier alpha value is -0.700. The lowest BCUT2D eigenvalue weighted by atomic mass is 10.4. The van der Waals surface area contributed by atoms with Crippen LogP contribution >= 0.6 is 15.9 Å². The Bertz CT molecular complexity index is 185. The Kier molecular flexibility index (Phi) is 4.76. The van der Waals surface area contributed by atoms with E-state index in [-0.39, 0.29) is 5.82 Å². The van der Waals surface area contributed by atoms with E-state index in [0.717, 1.165) is 4.47 Å². The summed E-state index contributed by atoms with van der Waals surface area (Å²) in [5.74, 6) is -0.209. The maximum atomic E-state index is 12.1. The van der Waals surface area contributed by atoms with Gasteiger partial charge in [0, 0.05) is 4.47 Å². The van der Waals surface area contributed by atoms with Gasteiger partial charge in [-0.25, -0.2) is 4.39 Å². The molecule has 0 unspecified atom stereocenters. The Morgan fingerprint density at radius 2 is 2.00 bits per heavy atom. The fourth-order valence-corrected chi connectivity index (χ4v) is 0.831. The zero-order chi connectivity index (χ0) is 7.98. The molecule has 0 aliphatic rings. The van der Waals surface area contributed by atoms with Crippen molar-refractivity contribution in [2.45, 2.75) is 0 Å². The molecule has 0 atom stereocenters. The molecule has 0 N–H and O–H groups in total. The highest BCUT2D eigenvalue weighted by molar-refractivity contribution is 9.10. The van der Waals surface area contributed by atoms with Gasteiger partial charge in [0.2, 0.25) is 0 Å². The Morgan fingerprint density at radius 3 is 2.30 bits per heavy atom. The molecule has 0 saturated carbocycles. The van der Waals surface area contributed by atoms with Crippen LogP contribution in [0.4, 0.5) is 4.39 Å². The molecule has 0 radical (unpaired) electrons. The molecule has 0 aliphatic carbocycles. The van der Waals surface area contributed by atoms with E-state index in [4.69, 9.17) is 4.79 Å². The van der Waals surface area contributed by atoms with Crippen molar-refractivity contribution in [2.24, 2.45) is 0 Å². The van der Waals surface area contributed by atoms with Crippen molar-refractivity contribution in [2.75, 3.05) is 0 Å². The fraction of sp³-hybridized carbons (Fsp3) is 0. The monoisotopic (exact) mass is 204 g/mol. The predicted octanol–water partition coefficient (Wildman–Crippen LogP) is 2.40. The lowest BCUT2D eigenvalue weighted by Crippen LogP contribution is -1.68. The van der Waals surface area contributed by atoms with Gasteiger partial charge in [-0.15, -0.1) is 0 Å². The fourth-order valence-electron chi connectivity index (χ4n) is 0.460. The molecular formula is C7H6BrFO. The molecule has 0 saturated heterocycles. The SMILES string of the molecule is C=O.Fc1cccc(Br)c1. The highest BCUT2D eigenvalue weighted by atomic mass is 79.9. The van der Waals surface area contributed by atoms with E-state index in [2.05, 4.69) is 15.9 Å². The summed E-state index contributed by atoms with van der Waals surface area (Å²) in [4.78, 5) is 8.00. The van der Waals surface area contributed by atoms with E-state index in [9.17, 15) is 4.39 Å². The van der Waals surface area contributed by atoms with Gasteiger partial charge in [0.05, 0.1) is 0 Å². The quantitative estimate of drug-likeness (QED) is 0.635. The molecule has 54 valence electrons. The van der Waals surface area contributed by atoms with Crippen molar-refractivity contribution in [1.82, 2.24) is 0 Å². The largest absolute Gasteiger partial charge is 0.307 e. The van der Waals surface area contributed by atoms with Crippen LogP contribution in [0, 0.1) is 5.82 Å². The lowest BCUT2D eigenvalue weighted by molar-refractivity contribution is -0.0979. The van der Waals surface area contributed by atoms with Crippen LogP contribution in [0.2, 0.25) is 0 Å². The smallest absolute Gasteiger partial charge is 0.124 e. The molecule has 0 fully saturated rings. The molecule has 0 heterocycles. The molecule has 3 heteroatoms. The molecule has 0 amide bonds. The van der Waals surface area contributed by atoms with Gasteiger partial charge in [-0.3, -0.25) is 0 Å². The summed E-state index contributed by atoms with van der Waals surface area (Å²) < 4.78 is 12.9. The number of carbonyl (C=O) groups is 1. The molecule has 0 aliphatic heterocycles. The first kappa shape index (κ1) is 9.30. The maximum Gasteiger partial charge on any atom is 0.124 e. The molecule has 1 rings (SSSR count). The van der Waals surface area contributed by atoms with Crippen LogP contribution in [0.5, 0.6) is 0 Å². The Morgan fingerprint density at radius 1 is 1.40 bits per heavy atom. The van der Waals surface area contributed by atoms with E-state index in [1.165, 1.54) is 12.1 Å². The standard InChI is InChI=1S/C6H4BrF.CH2O/c7-5-2-1-3-6(8)4-5;1-2/h1-4H;1H2. The third-order valence-electron chi connectivity index (χ3n) is 0.787. The lowest BCUT2D eigenvalue weighted by Gasteiger charge is -1.85. The second kappa shape index (κ2) is 5.11.